The fraction of sp³-hybridized carbons (Fsp3) is 0.250. The normalized spacial score (nSPS) is 12.2. The second-order valence-electron chi connectivity index (χ2n) is 9.20. The van der Waals surface area contributed by atoms with E-state index in [1.807, 2.05) is 6.07 Å². The molecule has 4 aromatic rings. The molecule has 0 N–H and O–H groups in total. The second kappa shape index (κ2) is 10.7. The zero-order chi connectivity index (χ0) is 29.4. The maximum Gasteiger partial charge on any atom is 0.416 e. The van der Waals surface area contributed by atoms with Gasteiger partial charge in [-0.1, -0.05) is 6.07 Å². The number of ether oxygens (including phenoxy) is 1. The molecule has 9 nitrogen and oxygen atoms in total. The summed E-state index contributed by atoms with van der Waals surface area (Å²) < 4.78 is 49.1. The van der Waals surface area contributed by atoms with Gasteiger partial charge in [0.15, 0.2) is 0 Å². The molecule has 0 saturated heterocycles. The first-order valence-corrected chi connectivity index (χ1v) is 12.1. The van der Waals surface area contributed by atoms with E-state index in [-0.39, 0.29) is 23.6 Å². The minimum atomic E-state index is -4.67. The summed E-state index contributed by atoms with van der Waals surface area (Å²) in [5.41, 5.74) is -0.816. The summed E-state index contributed by atoms with van der Waals surface area (Å²) in [5, 5.41) is 13.5. The van der Waals surface area contributed by atoms with E-state index in [4.69, 9.17) is 10.00 Å². The molecule has 2 heterocycles. The van der Waals surface area contributed by atoms with Crippen molar-refractivity contribution in [3.05, 3.63) is 98.0 Å². The van der Waals surface area contributed by atoms with Gasteiger partial charge in [0, 0.05) is 12.6 Å². The Hall–Kier alpha value is -4.92. The van der Waals surface area contributed by atoms with E-state index >= 15 is 0 Å². The predicted octanol–water partition coefficient (Wildman–Crippen LogP) is 4.48. The van der Waals surface area contributed by atoms with Gasteiger partial charge in [0.25, 0.3) is 5.56 Å². The number of carbonyl (C=O) groups excluding carboxylic acids is 1. The number of alkyl halides is 3. The number of hydrogen-bond donors (Lipinski definition) is 0. The minimum Gasteiger partial charge on any atom is -0.464 e. The molecule has 2 aromatic carbocycles. The summed E-state index contributed by atoms with van der Waals surface area (Å²) in [6.07, 6.45) is -3.16. The van der Waals surface area contributed by atoms with Crippen molar-refractivity contribution < 1.29 is 22.7 Å². The number of aromatic nitrogens is 4. The maximum absolute atomic E-state index is 14.0. The molecule has 0 saturated carbocycles. The van der Waals surface area contributed by atoms with E-state index in [0.717, 1.165) is 21.3 Å². The van der Waals surface area contributed by atoms with Gasteiger partial charge in [-0.05, 0) is 68.8 Å². The number of nitriles is 1. The Bertz CT molecular complexity index is 1760. The zero-order valence-corrected chi connectivity index (χ0v) is 22.0. The lowest BCUT2D eigenvalue weighted by Gasteiger charge is -2.22. The minimum absolute atomic E-state index is 0.0195. The topological polar surface area (TPSA) is 112 Å². The number of rotatable bonds is 6. The quantitative estimate of drug-likeness (QED) is 0.327. The van der Waals surface area contributed by atoms with Gasteiger partial charge in [0.2, 0.25) is 0 Å². The standard InChI is InChI=1S/C28H24F3N5O4/c1-16-14-33-36(22-10-8-20(13-32)9-11-22)25(16)24-18(3)35(23-7-5-6-21(12-23)28(29,30)31)27(39)34(26(24)38)17(2)15-40-19(4)37/h5-12,14,17H,15H2,1-4H3/t17-/m1/s1. The first-order chi connectivity index (χ1) is 18.8. The molecule has 40 heavy (non-hydrogen) atoms. The molecule has 0 bridgehead atoms. The third kappa shape index (κ3) is 5.18. The number of halogens is 3. The van der Waals surface area contributed by atoms with Crippen molar-refractivity contribution in [3.8, 4) is 28.7 Å². The van der Waals surface area contributed by atoms with Crippen LogP contribution >= 0.6 is 0 Å². The molecule has 2 aromatic heterocycles. The molecular weight excluding hydrogens is 527 g/mol. The molecule has 0 unspecified atom stereocenters. The Morgan fingerprint density at radius 2 is 1.77 bits per heavy atom. The van der Waals surface area contributed by atoms with Crippen LogP contribution in [0.25, 0.3) is 22.6 Å². The highest BCUT2D eigenvalue weighted by molar-refractivity contribution is 5.68. The van der Waals surface area contributed by atoms with Crippen LogP contribution < -0.4 is 11.2 Å². The Labute approximate surface area is 226 Å². The molecule has 0 radical (unpaired) electrons. The van der Waals surface area contributed by atoms with Gasteiger partial charge < -0.3 is 4.74 Å². The van der Waals surface area contributed by atoms with Crippen LogP contribution in [-0.4, -0.2) is 31.5 Å². The average molecular weight is 552 g/mol. The summed E-state index contributed by atoms with van der Waals surface area (Å²) in [5.74, 6) is -0.625. The molecule has 0 aliphatic carbocycles. The summed E-state index contributed by atoms with van der Waals surface area (Å²) in [4.78, 5) is 39.2. The highest BCUT2D eigenvalue weighted by Crippen LogP contribution is 2.32. The third-order valence-corrected chi connectivity index (χ3v) is 6.36. The van der Waals surface area contributed by atoms with E-state index < -0.39 is 35.0 Å². The Morgan fingerprint density at radius 3 is 2.38 bits per heavy atom. The Morgan fingerprint density at radius 1 is 1.10 bits per heavy atom. The highest BCUT2D eigenvalue weighted by Gasteiger charge is 2.32. The van der Waals surface area contributed by atoms with Crippen LogP contribution in [0.2, 0.25) is 0 Å². The molecule has 1 atom stereocenters. The zero-order valence-electron chi connectivity index (χ0n) is 22.0. The van der Waals surface area contributed by atoms with Crippen LogP contribution in [0.4, 0.5) is 13.2 Å². The summed E-state index contributed by atoms with van der Waals surface area (Å²) in [6.45, 7) is 5.52. The van der Waals surface area contributed by atoms with Crippen molar-refractivity contribution in [2.45, 2.75) is 39.9 Å². The first kappa shape index (κ1) is 28.1. The van der Waals surface area contributed by atoms with Gasteiger partial charge in [-0.25, -0.2) is 9.48 Å². The predicted molar refractivity (Wildman–Crippen MR) is 139 cm³/mol. The van der Waals surface area contributed by atoms with Crippen molar-refractivity contribution in [1.82, 2.24) is 18.9 Å². The van der Waals surface area contributed by atoms with Crippen LogP contribution in [0, 0.1) is 25.2 Å². The van der Waals surface area contributed by atoms with Gasteiger partial charge in [0.05, 0.1) is 52.1 Å². The highest BCUT2D eigenvalue weighted by atomic mass is 19.4. The molecule has 12 heteroatoms. The summed E-state index contributed by atoms with van der Waals surface area (Å²) >= 11 is 0. The number of hydrogen-bond acceptors (Lipinski definition) is 6. The summed E-state index contributed by atoms with van der Waals surface area (Å²) in [6, 6.07) is 11.7. The van der Waals surface area contributed by atoms with Gasteiger partial charge in [0.1, 0.15) is 6.61 Å². The maximum atomic E-state index is 14.0. The third-order valence-electron chi connectivity index (χ3n) is 6.36. The van der Waals surface area contributed by atoms with Crippen LogP contribution in [0.5, 0.6) is 0 Å². The molecule has 0 spiro atoms. The molecule has 0 aliphatic heterocycles. The Kier molecular flexibility index (Phi) is 7.51. The second-order valence-corrected chi connectivity index (χ2v) is 9.20. The lowest BCUT2D eigenvalue weighted by Crippen LogP contribution is -2.44. The van der Waals surface area contributed by atoms with Crippen molar-refractivity contribution in [1.29, 1.82) is 5.26 Å². The summed E-state index contributed by atoms with van der Waals surface area (Å²) in [7, 11) is 0. The van der Waals surface area contributed by atoms with Gasteiger partial charge in [-0.3, -0.25) is 18.7 Å². The van der Waals surface area contributed by atoms with Gasteiger partial charge in [-0.2, -0.15) is 23.5 Å². The van der Waals surface area contributed by atoms with Crippen LogP contribution in [0.3, 0.4) is 0 Å². The number of carbonyl (C=O) groups is 1. The monoisotopic (exact) mass is 551 g/mol. The van der Waals surface area contributed by atoms with Gasteiger partial charge in [-0.15, -0.1) is 0 Å². The number of benzene rings is 2. The average Bonchev–Trinajstić information content (AvgIpc) is 3.28. The fourth-order valence-electron chi connectivity index (χ4n) is 4.43. The lowest BCUT2D eigenvalue weighted by atomic mass is 10.1. The van der Waals surface area contributed by atoms with Crippen molar-refractivity contribution >= 4 is 5.97 Å². The smallest absolute Gasteiger partial charge is 0.416 e. The fourth-order valence-corrected chi connectivity index (χ4v) is 4.43. The van der Waals surface area contributed by atoms with E-state index in [2.05, 4.69) is 5.10 Å². The first-order valence-electron chi connectivity index (χ1n) is 12.1. The van der Waals surface area contributed by atoms with Gasteiger partial charge >= 0.3 is 17.8 Å². The largest absolute Gasteiger partial charge is 0.464 e. The molecule has 4 rings (SSSR count). The van der Waals surface area contributed by atoms with Crippen LogP contribution in [0.15, 0.2) is 64.3 Å². The number of esters is 1. The number of aryl methyl sites for hydroxylation is 1. The van der Waals surface area contributed by atoms with Crippen molar-refractivity contribution in [3.63, 3.8) is 0 Å². The molecule has 206 valence electrons. The molecule has 0 amide bonds. The van der Waals surface area contributed by atoms with Crippen molar-refractivity contribution in [2.75, 3.05) is 6.61 Å². The van der Waals surface area contributed by atoms with E-state index in [1.165, 1.54) is 43.8 Å². The molecular formula is C28H24F3N5O4. The Balaban J connectivity index is 2.07. The molecule has 0 aliphatic rings. The number of nitrogens with zero attached hydrogens (tertiary/aromatic N) is 5. The molecule has 0 fully saturated rings. The van der Waals surface area contributed by atoms with Crippen LogP contribution in [0.1, 0.15) is 42.3 Å². The SMILES string of the molecule is CC(=O)OC[C@@H](C)n1c(=O)c(-c2c(C)cnn2-c2ccc(C#N)cc2)c(C)n(-c2cccc(C(F)(F)F)c2)c1=O. The van der Waals surface area contributed by atoms with Crippen molar-refractivity contribution in [2.24, 2.45) is 0 Å². The van der Waals surface area contributed by atoms with E-state index in [1.54, 1.807) is 31.2 Å². The lowest BCUT2D eigenvalue weighted by molar-refractivity contribution is -0.142. The van der Waals surface area contributed by atoms with Crippen LogP contribution in [-0.2, 0) is 15.7 Å². The van der Waals surface area contributed by atoms with E-state index in [9.17, 15) is 27.6 Å². The van der Waals surface area contributed by atoms with E-state index in [0.29, 0.717) is 22.5 Å².